The monoisotopic (exact) mass is 498 g/mol. The highest BCUT2D eigenvalue weighted by atomic mass is 15.1. The fraction of sp³-hybridized carbons (Fsp3) is 0.200. The molecular formula is C35H36N3+. The molecule has 1 aliphatic rings. The van der Waals surface area contributed by atoms with Gasteiger partial charge in [0.2, 0.25) is 11.4 Å². The van der Waals surface area contributed by atoms with Crippen LogP contribution in [0.4, 0.5) is 0 Å². The third-order valence-corrected chi connectivity index (χ3v) is 8.92. The molecule has 3 heterocycles. The summed E-state index contributed by atoms with van der Waals surface area (Å²) in [5, 5.41) is 2.87. The van der Waals surface area contributed by atoms with Crippen molar-refractivity contribution in [1.82, 2.24) is 4.57 Å². The van der Waals surface area contributed by atoms with Crippen molar-refractivity contribution in [2.45, 2.75) is 39.2 Å². The third-order valence-electron chi connectivity index (χ3n) is 8.92. The van der Waals surface area contributed by atoms with Gasteiger partial charge in [0.25, 0.3) is 0 Å². The first-order chi connectivity index (χ1) is 18.1. The molecule has 0 amide bonds. The van der Waals surface area contributed by atoms with E-state index >= 15 is 0 Å². The molecule has 0 spiro atoms. The number of aliphatic imine (C=N–C) groups is 1. The predicted octanol–water partition coefficient (Wildman–Crippen LogP) is 6.42. The van der Waals surface area contributed by atoms with Gasteiger partial charge in [-0.05, 0) is 69.8 Å². The molecule has 0 aliphatic carbocycles. The van der Waals surface area contributed by atoms with E-state index in [1.165, 1.54) is 16.7 Å². The standard InChI is InChI=1S/C35H36N3/c1-24(23-25(2)38-27(4)26(3)30-16-11-12-19-33(30)38)34(6)21-20-29-15-9-10-17-31(29)32-18-13-14-22-37(32)28(5)35(34,7)36-8/h9-19,22-23H,2-5,8,20-21H2,1,6-7H3/q+1/b24-23+. The highest BCUT2D eigenvalue weighted by molar-refractivity contribution is 5.85. The van der Waals surface area contributed by atoms with Gasteiger partial charge in [-0.3, -0.25) is 4.99 Å². The Morgan fingerprint density at radius 1 is 0.974 bits per heavy atom. The van der Waals surface area contributed by atoms with E-state index in [9.17, 15) is 0 Å². The van der Waals surface area contributed by atoms with E-state index in [0.29, 0.717) is 0 Å². The number of benzene rings is 2. The maximum atomic E-state index is 4.82. The maximum Gasteiger partial charge on any atom is 0.218 e. The zero-order valence-electron chi connectivity index (χ0n) is 22.8. The molecule has 0 fully saturated rings. The maximum absolute atomic E-state index is 4.82. The van der Waals surface area contributed by atoms with Gasteiger partial charge in [-0.15, -0.1) is 0 Å². The zero-order chi connectivity index (χ0) is 27.2. The molecule has 2 atom stereocenters. The van der Waals surface area contributed by atoms with E-state index in [2.05, 4.69) is 124 Å². The number of aromatic nitrogens is 2. The predicted molar refractivity (Wildman–Crippen MR) is 163 cm³/mol. The fourth-order valence-corrected chi connectivity index (χ4v) is 6.08. The Balaban J connectivity index is 1.70. The van der Waals surface area contributed by atoms with Crippen LogP contribution in [0.2, 0.25) is 0 Å². The molecule has 5 rings (SSSR count). The van der Waals surface area contributed by atoms with E-state index in [0.717, 1.165) is 51.4 Å². The highest BCUT2D eigenvalue weighted by Gasteiger charge is 2.52. The Bertz CT molecular complexity index is 1750. The summed E-state index contributed by atoms with van der Waals surface area (Å²) in [5.74, 6) is 0. The van der Waals surface area contributed by atoms with Crippen molar-refractivity contribution in [3.63, 3.8) is 0 Å². The number of pyridine rings is 1. The number of nitrogens with zero attached hydrogens (tertiary/aromatic N) is 3. The van der Waals surface area contributed by atoms with Crippen molar-refractivity contribution in [1.29, 1.82) is 0 Å². The SMILES string of the molecule is C=NC1(C)C(=C)[n+]2ccccc2-c2ccccc2CCC1(C)/C(C)=C/C(=C)n1c(=C)c(=C)c2ccccc21. The average Bonchev–Trinajstić information content (AvgIpc) is 3.21. The molecule has 1 aliphatic heterocycles. The molecule has 0 radical (unpaired) electrons. The molecule has 3 heteroatoms. The van der Waals surface area contributed by atoms with Crippen LogP contribution in [0.1, 0.15) is 32.8 Å². The first kappa shape index (κ1) is 25.4. The summed E-state index contributed by atoms with van der Waals surface area (Å²) >= 11 is 0. The van der Waals surface area contributed by atoms with Crippen LogP contribution in [-0.4, -0.2) is 16.8 Å². The molecule has 3 nitrogen and oxygen atoms in total. The minimum absolute atomic E-state index is 0.399. The summed E-state index contributed by atoms with van der Waals surface area (Å²) in [6.45, 7) is 28.4. The Morgan fingerprint density at radius 3 is 2.42 bits per heavy atom. The molecule has 0 saturated heterocycles. The molecule has 2 aromatic heterocycles. The zero-order valence-corrected chi connectivity index (χ0v) is 22.8. The van der Waals surface area contributed by atoms with Gasteiger partial charge in [-0.25, -0.2) is 0 Å². The van der Waals surface area contributed by atoms with Crippen molar-refractivity contribution >= 4 is 42.2 Å². The van der Waals surface area contributed by atoms with Gasteiger partial charge in [-0.2, -0.15) is 4.57 Å². The molecule has 0 saturated carbocycles. The quantitative estimate of drug-likeness (QED) is 0.176. The fourth-order valence-electron chi connectivity index (χ4n) is 6.08. The van der Waals surface area contributed by atoms with E-state index in [1.54, 1.807) is 0 Å². The van der Waals surface area contributed by atoms with Crippen LogP contribution < -0.4 is 15.1 Å². The van der Waals surface area contributed by atoms with Crippen LogP contribution in [-0.2, 0) is 6.42 Å². The van der Waals surface area contributed by atoms with Gasteiger partial charge in [0.1, 0.15) is 5.54 Å². The summed E-state index contributed by atoms with van der Waals surface area (Å²) < 4.78 is 4.29. The second kappa shape index (κ2) is 9.25. The van der Waals surface area contributed by atoms with Crippen LogP contribution in [0.25, 0.3) is 46.7 Å². The minimum atomic E-state index is -0.680. The lowest BCUT2D eigenvalue weighted by Gasteiger charge is -2.43. The number of aryl methyl sites for hydroxylation is 1. The Labute approximate surface area is 225 Å². The van der Waals surface area contributed by atoms with Gasteiger partial charge in [-0.1, -0.05) is 68.6 Å². The number of allylic oxidation sites excluding steroid dienone is 2. The van der Waals surface area contributed by atoms with Crippen LogP contribution in [0.3, 0.4) is 0 Å². The Hall–Kier alpha value is -4.24. The number of fused-ring (bicyclic) bond motifs is 4. The largest absolute Gasteiger partial charge is 0.310 e. The van der Waals surface area contributed by atoms with E-state index in [1.807, 2.05) is 18.2 Å². The van der Waals surface area contributed by atoms with Crippen molar-refractivity contribution in [2.75, 3.05) is 0 Å². The van der Waals surface area contributed by atoms with E-state index in [4.69, 9.17) is 4.99 Å². The first-order valence-electron chi connectivity index (χ1n) is 13.1. The van der Waals surface area contributed by atoms with Crippen molar-refractivity contribution < 1.29 is 4.57 Å². The Kier molecular flexibility index (Phi) is 6.19. The molecule has 0 bridgehead atoms. The van der Waals surface area contributed by atoms with Gasteiger partial charge in [0.05, 0.1) is 5.52 Å². The van der Waals surface area contributed by atoms with Crippen molar-refractivity contribution in [3.05, 3.63) is 114 Å². The lowest BCUT2D eigenvalue weighted by molar-refractivity contribution is -0.575. The molecule has 2 aromatic carbocycles. The minimum Gasteiger partial charge on any atom is -0.310 e. The van der Waals surface area contributed by atoms with Gasteiger partial charge in [0.15, 0.2) is 6.20 Å². The van der Waals surface area contributed by atoms with Crippen LogP contribution >= 0.6 is 0 Å². The summed E-state index contributed by atoms with van der Waals surface area (Å²) in [6.07, 6.45) is 6.02. The smallest absolute Gasteiger partial charge is 0.218 e. The lowest BCUT2D eigenvalue weighted by atomic mass is 9.63. The highest BCUT2D eigenvalue weighted by Crippen LogP contribution is 2.50. The van der Waals surface area contributed by atoms with Crippen LogP contribution in [0, 0.1) is 5.41 Å². The molecule has 0 N–H and O–H groups in total. The molecule has 38 heavy (non-hydrogen) atoms. The average molecular weight is 499 g/mol. The number of rotatable bonds is 4. The molecule has 190 valence electrons. The molecular weight excluding hydrogens is 462 g/mol. The number of para-hydroxylation sites is 1. The van der Waals surface area contributed by atoms with Crippen molar-refractivity contribution in [3.8, 4) is 11.3 Å². The molecule has 2 unspecified atom stereocenters. The Morgan fingerprint density at radius 2 is 1.66 bits per heavy atom. The normalized spacial score (nSPS) is 21.7. The second-order valence-corrected chi connectivity index (χ2v) is 10.7. The van der Waals surface area contributed by atoms with Crippen molar-refractivity contribution in [2.24, 2.45) is 10.4 Å². The summed E-state index contributed by atoms with van der Waals surface area (Å²) in [4.78, 5) is 4.82. The third kappa shape index (κ3) is 3.65. The van der Waals surface area contributed by atoms with Crippen LogP contribution in [0.5, 0.6) is 0 Å². The van der Waals surface area contributed by atoms with Gasteiger partial charge >= 0.3 is 0 Å². The first-order valence-corrected chi connectivity index (χ1v) is 13.1. The number of hydrogen-bond donors (Lipinski definition) is 0. The van der Waals surface area contributed by atoms with E-state index < -0.39 is 11.0 Å². The summed E-state index contributed by atoms with van der Waals surface area (Å²) in [6, 6.07) is 23.2. The topological polar surface area (TPSA) is 21.2 Å². The summed E-state index contributed by atoms with van der Waals surface area (Å²) in [5.41, 5.74) is 6.53. The molecule has 4 aromatic rings. The second-order valence-electron chi connectivity index (χ2n) is 10.7. The van der Waals surface area contributed by atoms with Gasteiger partial charge < -0.3 is 4.57 Å². The van der Waals surface area contributed by atoms with E-state index in [-0.39, 0.29) is 0 Å². The van der Waals surface area contributed by atoms with Gasteiger partial charge in [0, 0.05) is 44.8 Å². The summed E-state index contributed by atoms with van der Waals surface area (Å²) in [7, 11) is 0. The lowest BCUT2D eigenvalue weighted by Crippen LogP contribution is -2.53. The van der Waals surface area contributed by atoms with Crippen LogP contribution in [0.15, 0.2) is 103 Å². The number of hydrogen-bond acceptors (Lipinski definition) is 1.